The zero-order valence-electron chi connectivity index (χ0n) is 14.7. The Morgan fingerprint density at radius 2 is 1.65 bits per heavy atom. The van der Waals surface area contributed by atoms with Gasteiger partial charge in [-0.25, -0.2) is 19.2 Å². The molecule has 1 heterocycles. The van der Waals surface area contributed by atoms with Crippen molar-refractivity contribution in [1.29, 1.82) is 0 Å². The Balaban J connectivity index is 3.07. The minimum absolute atomic E-state index is 0.0153. The largest absolute Gasteiger partial charge is 0.443 e. The molecule has 0 spiro atoms. The predicted octanol–water partition coefficient (Wildman–Crippen LogP) is 2.89. The lowest BCUT2D eigenvalue weighted by Gasteiger charge is -2.25. The van der Waals surface area contributed by atoms with E-state index >= 15 is 0 Å². The quantitative estimate of drug-likeness (QED) is 0.541. The molecule has 128 valence electrons. The second kappa shape index (κ2) is 6.80. The smallest absolute Gasteiger partial charge is 0.437 e. The first-order valence-electron chi connectivity index (χ1n) is 7.17. The van der Waals surface area contributed by atoms with E-state index in [2.05, 4.69) is 10.1 Å². The van der Waals surface area contributed by atoms with Crippen molar-refractivity contribution in [3.8, 4) is 0 Å². The van der Waals surface area contributed by atoms with Gasteiger partial charge in [0.15, 0.2) is 0 Å². The van der Waals surface area contributed by atoms with Gasteiger partial charge in [-0.3, -0.25) is 0 Å². The van der Waals surface area contributed by atoms with E-state index in [1.165, 1.54) is 17.9 Å². The van der Waals surface area contributed by atoms with Crippen LogP contribution >= 0.6 is 0 Å². The monoisotopic (exact) mass is 324 g/mol. The maximum Gasteiger partial charge on any atom is 0.437 e. The first kappa shape index (κ1) is 18.7. The Hall–Kier alpha value is -2.38. The average molecular weight is 324 g/mol. The summed E-state index contributed by atoms with van der Waals surface area (Å²) in [6, 6.07) is 1.65. The average Bonchev–Trinajstić information content (AvgIpc) is 2.84. The van der Waals surface area contributed by atoms with Gasteiger partial charge in [-0.1, -0.05) is 0 Å². The van der Waals surface area contributed by atoms with Crippen molar-refractivity contribution in [3.63, 3.8) is 0 Å². The van der Waals surface area contributed by atoms with Crippen molar-refractivity contribution in [2.75, 3.05) is 7.05 Å². The molecule has 1 aromatic rings. The molecule has 0 aliphatic rings. The first-order chi connectivity index (χ1) is 10.4. The third-order valence-corrected chi connectivity index (χ3v) is 2.26. The third kappa shape index (κ3) is 6.50. The van der Waals surface area contributed by atoms with Gasteiger partial charge in [0, 0.05) is 19.4 Å². The molecule has 8 nitrogen and oxygen atoms in total. The van der Waals surface area contributed by atoms with Crippen LogP contribution in [0.4, 0.5) is 9.59 Å². The molecule has 0 saturated heterocycles. The minimum Gasteiger partial charge on any atom is -0.443 e. The van der Waals surface area contributed by atoms with Crippen LogP contribution in [0.1, 0.15) is 41.5 Å². The molecule has 0 unspecified atom stereocenters. The van der Waals surface area contributed by atoms with Crippen molar-refractivity contribution in [1.82, 2.24) is 14.7 Å². The summed E-state index contributed by atoms with van der Waals surface area (Å²) in [7, 11) is 1.44. The van der Waals surface area contributed by atoms with Crippen molar-refractivity contribution in [3.05, 3.63) is 18.5 Å². The Morgan fingerprint density at radius 3 is 2.09 bits per heavy atom. The number of hydrogen-bond donors (Lipinski definition) is 0. The topological polar surface area (TPSA) is 86.0 Å². The predicted molar refractivity (Wildman–Crippen MR) is 85.3 cm³/mol. The summed E-state index contributed by atoms with van der Waals surface area (Å²) in [5, 5.41) is 3.99. The van der Waals surface area contributed by atoms with Crippen molar-refractivity contribution < 1.29 is 19.1 Å². The van der Waals surface area contributed by atoms with Gasteiger partial charge >= 0.3 is 12.2 Å². The van der Waals surface area contributed by atoms with Gasteiger partial charge in [0.2, 0.25) is 5.96 Å². The van der Waals surface area contributed by atoms with E-state index in [1.54, 1.807) is 53.8 Å². The molecule has 0 aromatic carbocycles. The third-order valence-electron chi connectivity index (χ3n) is 2.26. The summed E-state index contributed by atoms with van der Waals surface area (Å²) in [6.45, 7) is 10.4. The van der Waals surface area contributed by atoms with Crippen LogP contribution in [0.2, 0.25) is 0 Å². The van der Waals surface area contributed by atoms with E-state index in [4.69, 9.17) is 9.47 Å². The van der Waals surface area contributed by atoms with Crippen LogP contribution in [0.3, 0.4) is 0 Å². The van der Waals surface area contributed by atoms with E-state index in [0.717, 1.165) is 4.90 Å². The summed E-state index contributed by atoms with van der Waals surface area (Å²) in [5.41, 5.74) is -1.37. The molecule has 0 aliphatic carbocycles. The number of amides is 2. The fraction of sp³-hybridized carbons (Fsp3) is 0.600. The van der Waals surface area contributed by atoms with Crippen LogP contribution in [0.15, 0.2) is 23.5 Å². The van der Waals surface area contributed by atoms with Gasteiger partial charge in [-0.15, -0.1) is 4.99 Å². The van der Waals surface area contributed by atoms with E-state index in [1.807, 2.05) is 0 Å². The number of ether oxygens (including phenoxy) is 2. The van der Waals surface area contributed by atoms with Crippen molar-refractivity contribution >= 4 is 18.1 Å². The van der Waals surface area contributed by atoms with E-state index in [0.29, 0.717) is 0 Å². The number of aliphatic imine (C=N–C) groups is 1. The summed E-state index contributed by atoms with van der Waals surface area (Å²) in [5.74, 6) is -0.0153. The van der Waals surface area contributed by atoms with Gasteiger partial charge in [-0.05, 0) is 47.6 Å². The fourth-order valence-electron chi connectivity index (χ4n) is 1.45. The van der Waals surface area contributed by atoms with Gasteiger partial charge in [0.1, 0.15) is 11.2 Å². The zero-order valence-corrected chi connectivity index (χ0v) is 14.7. The van der Waals surface area contributed by atoms with E-state index in [-0.39, 0.29) is 5.96 Å². The van der Waals surface area contributed by atoms with Gasteiger partial charge < -0.3 is 9.47 Å². The molecule has 0 bridgehead atoms. The van der Waals surface area contributed by atoms with E-state index < -0.39 is 23.4 Å². The molecule has 1 aromatic heterocycles. The molecule has 1 rings (SSSR count). The minimum atomic E-state index is -0.821. The molecule has 23 heavy (non-hydrogen) atoms. The van der Waals surface area contributed by atoms with E-state index in [9.17, 15) is 9.59 Å². The number of carbonyl (C=O) groups excluding carboxylic acids is 2. The lowest BCUT2D eigenvalue weighted by Crippen LogP contribution is -2.42. The first-order valence-corrected chi connectivity index (χ1v) is 7.17. The van der Waals surface area contributed by atoms with Crippen LogP contribution in [0, 0.1) is 0 Å². The Labute approximate surface area is 136 Å². The second-order valence-corrected chi connectivity index (χ2v) is 6.88. The van der Waals surface area contributed by atoms with Crippen LogP contribution in [0.25, 0.3) is 0 Å². The van der Waals surface area contributed by atoms with Crippen LogP contribution < -0.4 is 0 Å². The summed E-state index contributed by atoms with van der Waals surface area (Å²) >= 11 is 0. The number of aromatic nitrogens is 2. The highest BCUT2D eigenvalue weighted by Gasteiger charge is 2.26. The fourth-order valence-corrected chi connectivity index (χ4v) is 1.45. The second-order valence-electron chi connectivity index (χ2n) is 6.88. The Bertz CT molecular complexity index is 580. The normalized spacial score (nSPS) is 12.7. The van der Waals surface area contributed by atoms with Crippen molar-refractivity contribution in [2.45, 2.75) is 52.7 Å². The van der Waals surface area contributed by atoms with Gasteiger partial charge in [0.25, 0.3) is 0 Å². The maximum atomic E-state index is 12.2. The maximum absolute atomic E-state index is 12.2. The molecular formula is C15H24N4O4. The highest BCUT2D eigenvalue weighted by Crippen LogP contribution is 2.11. The van der Waals surface area contributed by atoms with Gasteiger partial charge in [-0.2, -0.15) is 5.10 Å². The number of nitrogens with zero attached hydrogens (tertiary/aromatic N) is 4. The number of hydrogen-bond acceptors (Lipinski definition) is 5. The standard InChI is InChI=1S/C15H24N4O4/c1-14(2,3)22-12(20)17-11(19-10-8-9-16-19)18(7)13(21)23-15(4,5)6/h8-10H,1-7H3/b17-11-. The molecule has 8 heteroatoms. The van der Waals surface area contributed by atoms with Gasteiger partial charge in [0.05, 0.1) is 0 Å². The SMILES string of the molecule is CN(C(=O)OC(C)(C)C)/C(=N/C(=O)OC(C)(C)C)n1cccn1. The van der Waals surface area contributed by atoms with Crippen LogP contribution in [-0.2, 0) is 9.47 Å². The molecule has 0 saturated carbocycles. The molecule has 0 N–H and O–H groups in total. The highest BCUT2D eigenvalue weighted by atomic mass is 16.6. The highest BCUT2D eigenvalue weighted by molar-refractivity contribution is 5.99. The molecule has 0 fully saturated rings. The number of carbonyl (C=O) groups is 2. The van der Waals surface area contributed by atoms with Crippen LogP contribution in [0.5, 0.6) is 0 Å². The number of rotatable bonds is 0. The Morgan fingerprint density at radius 1 is 1.09 bits per heavy atom. The molecule has 2 amide bonds. The lowest BCUT2D eigenvalue weighted by atomic mass is 10.2. The molecule has 0 atom stereocenters. The summed E-state index contributed by atoms with van der Waals surface area (Å²) < 4.78 is 11.7. The molecule has 0 aliphatic heterocycles. The summed E-state index contributed by atoms with van der Waals surface area (Å²) in [6.07, 6.45) is 1.59. The summed E-state index contributed by atoms with van der Waals surface area (Å²) in [4.78, 5) is 29.1. The molecular weight excluding hydrogens is 300 g/mol. The Kier molecular flexibility index (Phi) is 5.52. The zero-order chi connectivity index (χ0) is 17.8. The molecule has 0 radical (unpaired) electrons. The lowest BCUT2D eigenvalue weighted by molar-refractivity contribution is 0.0395. The van der Waals surface area contributed by atoms with Crippen LogP contribution in [-0.4, -0.2) is 51.1 Å². The van der Waals surface area contributed by atoms with Crippen molar-refractivity contribution in [2.24, 2.45) is 4.99 Å².